The maximum Gasteiger partial charge on any atom is 0.265 e. The first-order valence-corrected chi connectivity index (χ1v) is 8.69. The molecule has 1 fully saturated rings. The predicted octanol–water partition coefficient (Wildman–Crippen LogP) is 2.60. The van der Waals surface area contributed by atoms with Crippen molar-refractivity contribution in [3.8, 4) is 5.75 Å². The van der Waals surface area contributed by atoms with Gasteiger partial charge in [0.25, 0.3) is 5.91 Å². The molecule has 3 rings (SSSR count). The van der Waals surface area contributed by atoms with Crippen molar-refractivity contribution in [2.24, 2.45) is 0 Å². The van der Waals surface area contributed by atoms with Crippen molar-refractivity contribution in [3.05, 3.63) is 45.7 Å². The summed E-state index contributed by atoms with van der Waals surface area (Å²) < 4.78 is 18.5. The number of likely N-dealkylation sites (N-methyl/N-ethyl adjacent to an activating group) is 1. The Morgan fingerprint density at radius 2 is 2.21 bits per heavy atom. The number of carbonyl (C=O) groups is 1. The number of amides is 1. The summed E-state index contributed by atoms with van der Waals surface area (Å²) in [6.45, 7) is 3.88. The number of ether oxygens (including phenoxy) is 1. The third kappa shape index (κ3) is 3.73. The maximum absolute atomic E-state index is 12.9. The summed E-state index contributed by atoms with van der Waals surface area (Å²) in [6.07, 6.45) is 0.973. The van der Waals surface area contributed by atoms with Crippen LogP contribution in [0.3, 0.4) is 0 Å². The highest BCUT2D eigenvalue weighted by molar-refractivity contribution is 7.13. The first kappa shape index (κ1) is 16.9. The minimum absolute atomic E-state index is 0.00623. The Morgan fingerprint density at radius 1 is 1.46 bits per heavy atom. The number of aromatic nitrogens is 1. The second-order valence-electron chi connectivity index (χ2n) is 5.83. The van der Waals surface area contributed by atoms with Crippen LogP contribution in [0.2, 0.25) is 0 Å². The van der Waals surface area contributed by atoms with Gasteiger partial charge < -0.3 is 15.0 Å². The highest BCUT2D eigenvalue weighted by Gasteiger charge is 2.26. The Labute approximate surface area is 144 Å². The molecule has 128 valence electrons. The van der Waals surface area contributed by atoms with E-state index in [1.807, 2.05) is 14.0 Å². The zero-order chi connectivity index (χ0) is 17.1. The molecule has 1 N–H and O–H groups in total. The van der Waals surface area contributed by atoms with Crippen LogP contribution in [-0.4, -0.2) is 42.0 Å². The van der Waals surface area contributed by atoms with Gasteiger partial charge in [0.1, 0.15) is 28.1 Å². The van der Waals surface area contributed by atoms with E-state index < -0.39 is 0 Å². The first-order valence-electron chi connectivity index (χ1n) is 7.87. The lowest BCUT2D eigenvalue weighted by atomic mass is 10.2. The molecule has 5 nitrogen and oxygen atoms in total. The maximum atomic E-state index is 12.9. The second kappa shape index (κ2) is 7.27. The molecule has 0 aliphatic carbocycles. The number of nitrogens with zero attached hydrogens (tertiary/aromatic N) is 2. The van der Waals surface area contributed by atoms with Gasteiger partial charge in [0.05, 0.1) is 5.69 Å². The largest absolute Gasteiger partial charge is 0.486 e. The van der Waals surface area contributed by atoms with Crippen molar-refractivity contribution in [2.75, 3.05) is 20.1 Å². The normalized spacial score (nSPS) is 17.0. The Balaban J connectivity index is 1.65. The monoisotopic (exact) mass is 349 g/mol. The van der Waals surface area contributed by atoms with Crippen LogP contribution < -0.4 is 10.1 Å². The molecule has 2 aromatic rings. The van der Waals surface area contributed by atoms with E-state index in [1.54, 1.807) is 17.0 Å². The van der Waals surface area contributed by atoms with Crippen molar-refractivity contribution < 1.29 is 13.9 Å². The fraction of sp³-hybridized carbons (Fsp3) is 0.412. The van der Waals surface area contributed by atoms with Crippen molar-refractivity contribution in [2.45, 2.75) is 26.0 Å². The summed E-state index contributed by atoms with van der Waals surface area (Å²) in [5.74, 6) is 0.280. The van der Waals surface area contributed by atoms with E-state index in [0.717, 1.165) is 30.2 Å². The van der Waals surface area contributed by atoms with E-state index in [2.05, 4.69) is 10.3 Å². The van der Waals surface area contributed by atoms with E-state index >= 15 is 0 Å². The lowest BCUT2D eigenvalue weighted by Crippen LogP contribution is -2.38. The van der Waals surface area contributed by atoms with Gasteiger partial charge in [0, 0.05) is 19.6 Å². The van der Waals surface area contributed by atoms with Crippen LogP contribution in [0.15, 0.2) is 24.3 Å². The van der Waals surface area contributed by atoms with E-state index in [0.29, 0.717) is 10.6 Å². The van der Waals surface area contributed by atoms with Gasteiger partial charge in [-0.3, -0.25) is 4.79 Å². The molecule has 0 spiro atoms. The average molecular weight is 349 g/mol. The molecule has 7 heteroatoms. The summed E-state index contributed by atoms with van der Waals surface area (Å²) in [7, 11) is 1.84. The van der Waals surface area contributed by atoms with Crippen molar-refractivity contribution in [1.29, 1.82) is 0 Å². The summed E-state index contributed by atoms with van der Waals surface area (Å²) in [5.41, 5.74) is 0.723. The van der Waals surface area contributed by atoms with Crippen LogP contribution in [0.1, 0.15) is 26.8 Å². The molecular formula is C17H20FN3O2S. The summed E-state index contributed by atoms with van der Waals surface area (Å²) in [5, 5.41) is 4.00. The number of thiazole rings is 1. The third-order valence-electron chi connectivity index (χ3n) is 4.11. The van der Waals surface area contributed by atoms with E-state index in [1.165, 1.54) is 23.5 Å². The molecule has 1 unspecified atom stereocenters. The average Bonchev–Trinajstić information content (AvgIpc) is 3.23. The molecule has 0 bridgehead atoms. The van der Waals surface area contributed by atoms with E-state index in [9.17, 15) is 9.18 Å². The van der Waals surface area contributed by atoms with Gasteiger partial charge in [0.2, 0.25) is 0 Å². The van der Waals surface area contributed by atoms with Crippen LogP contribution in [-0.2, 0) is 6.61 Å². The standard InChI is InChI=1S/C17H20FN3O2S/c1-11-16(17(22)21(2)13-7-8-19-9-13)24-15(20-11)10-23-14-5-3-12(18)4-6-14/h3-6,13,19H,7-10H2,1-2H3. The predicted molar refractivity (Wildman–Crippen MR) is 91.0 cm³/mol. The Morgan fingerprint density at radius 3 is 2.88 bits per heavy atom. The van der Waals surface area contributed by atoms with Crippen LogP contribution in [0.4, 0.5) is 4.39 Å². The Hall–Kier alpha value is -1.99. The highest BCUT2D eigenvalue weighted by atomic mass is 32.1. The number of halogens is 1. The number of benzene rings is 1. The Bertz CT molecular complexity index is 711. The lowest BCUT2D eigenvalue weighted by Gasteiger charge is -2.23. The molecule has 0 saturated carbocycles. The first-order chi connectivity index (χ1) is 11.5. The molecule has 1 saturated heterocycles. The molecular weight excluding hydrogens is 329 g/mol. The molecule has 1 aromatic heterocycles. The summed E-state index contributed by atoms with van der Waals surface area (Å²) in [4.78, 5) is 19.5. The molecule has 1 amide bonds. The van der Waals surface area contributed by atoms with Gasteiger partial charge >= 0.3 is 0 Å². The number of nitrogens with one attached hydrogen (secondary N) is 1. The summed E-state index contributed by atoms with van der Waals surface area (Å²) in [6, 6.07) is 6.08. The number of hydrogen-bond donors (Lipinski definition) is 1. The van der Waals surface area contributed by atoms with Crippen LogP contribution in [0.5, 0.6) is 5.75 Å². The van der Waals surface area contributed by atoms with Gasteiger partial charge in [-0.05, 0) is 44.2 Å². The number of aryl methyl sites for hydroxylation is 1. The fourth-order valence-electron chi connectivity index (χ4n) is 2.68. The molecule has 24 heavy (non-hydrogen) atoms. The second-order valence-corrected chi connectivity index (χ2v) is 6.91. The van der Waals surface area contributed by atoms with Gasteiger partial charge in [-0.1, -0.05) is 0 Å². The van der Waals surface area contributed by atoms with Crippen molar-refractivity contribution in [3.63, 3.8) is 0 Å². The lowest BCUT2D eigenvalue weighted by molar-refractivity contribution is 0.0747. The molecule has 1 aromatic carbocycles. The molecule has 1 aliphatic rings. The Kier molecular flexibility index (Phi) is 5.11. The third-order valence-corrected chi connectivity index (χ3v) is 5.23. The number of rotatable bonds is 5. The molecule has 1 atom stereocenters. The van der Waals surface area contributed by atoms with Crippen LogP contribution in [0, 0.1) is 12.7 Å². The van der Waals surface area contributed by atoms with Crippen LogP contribution in [0.25, 0.3) is 0 Å². The van der Waals surface area contributed by atoms with Gasteiger partial charge in [-0.2, -0.15) is 0 Å². The smallest absolute Gasteiger partial charge is 0.265 e. The van der Waals surface area contributed by atoms with Crippen molar-refractivity contribution >= 4 is 17.2 Å². The SMILES string of the molecule is Cc1nc(COc2ccc(F)cc2)sc1C(=O)N(C)C1CCNC1. The fourth-order valence-corrected chi connectivity index (χ4v) is 3.65. The number of carbonyl (C=O) groups excluding carboxylic acids is 1. The van der Waals surface area contributed by atoms with Gasteiger partial charge in [-0.15, -0.1) is 11.3 Å². The highest BCUT2D eigenvalue weighted by Crippen LogP contribution is 2.23. The molecule has 0 radical (unpaired) electrons. The number of hydrogen-bond acceptors (Lipinski definition) is 5. The summed E-state index contributed by atoms with van der Waals surface area (Å²) >= 11 is 1.36. The van der Waals surface area contributed by atoms with Gasteiger partial charge in [0.15, 0.2) is 0 Å². The zero-order valence-corrected chi connectivity index (χ0v) is 14.5. The van der Waals surface area contributed by atoms with Gasteiger partial charge in [-0.25, -0.2) is 9.37 Å². The minimum Gasteiger partial charge on any atom is -0.486 e. The topological polar surface area (TPSA) is 54.5 Å². The van der Waals surface area contributed by atoms with Crippen molar-refractivity contribution in [1.82, 2.24) is 15.2 Å². The zero-order valence-electron chi connectivity index (χ0n) is 13.7. The molecule has 1 aliphatic heterocycles. The quantitative estimate of drug-likeness (QED) is 0.902. The van der Waals surface area contributed by atoms with E-state index in [4.69, 9.17) is 4.74 Å². The molecule has 2 heterocycles. The van der Waals surface area contributed by atoms with Crippen LogP contribution >= 0.6 is 11.3 Å². The minimum atomic E-state index is -0.301. The van der Waals surface area contributed by atoms with E-state index in [-0.39, 0.29) is 24.4 Å².